The molecule has 0 amide bonds. The highest BCUT2D eigenvalue weighted by atomic mass is 15.0. The molecular weight excluding hydrogens is 350 g/mol. The first-order valence-electron chi connectivity index (χ1n) is 9.37. The number of para-hydroxylation sites is 2. The second-order valence-corrected chi connectivity index (χ2v) is 7.05. The molecule has 0 atom stereocenters. The minimum atomic E-state index is 0.553. The summed E-state index contributed by atoms with van der Waals surface area (Å²) in [5, 5.41) is 6.62. The van der Waals surface area contributed by atoms with Crippen LogP contribution in [0.5, 0.6) is 0 Å². The van der Waals surface area contributed by atoms with Gasteiger partial charge in [0.05, 0.1) is 23.3 Å². The molecule has 0 bridgehead atoms. The zero-order chi connectivity index (χ0) is 19.3. The van der Waals surface area contributed by atoms with Crippen molar-refractivity contribution in [3.05, 3.63) is 60.8 Å². The standard InChI is InChI=1S/C21H23N7/c1-14(2)10-22-20-9-18(25-13-26-20)15-7-8-19(23-11-15)24-12-21-27-16-5-3-4-6-17(16)28-21/h3-9,11,13-14H,10,12H2,1-2H3,(H,23,24)(H,27,28)(H,22,25,26). The number of pyridine rings is 1. The lowest BCUT2D eigenvalue weighted by Gasteiger charge is -2.09. The Kier molecular flexibility index (Phi) is 5.14. The normalized spacial score (nSPS) is 11.1. The van der Waals surface area contributed by atoms with E-state index in [-0.39, 0.29) is 0 Å². The highest BCUT2D eigenvalue weighted by Crippen LogP contribution is 2.20. The summed E-state index contributed by atoms with van der Waals surface area (Å²) in [5.41, 5.74) is 3.79. The van der Waals surface area contributed by atoms with Crippen molar-refractivity contribution < 1.29 is 0 Å². The van der Waals surface area contributed by atoms with Gasteiger partial charge in [-0.25, -0.2) is 19.9 Å². The number of fused-ring (bicyclic) bond motifs is 1. The molecule has 0 unspecified atom stereocenters. The Labute approximate surface area is 163 Å². The summed E-state index contributed by atoms with van der Waals surface area (Å²) in [7, 11) is 0. The first-order valence-corrected chi connectivity index (χ1v) is 9.37. The molecule has 0 aliphatic carbocycles. The fourth-order valence-electron chi connectivity index (χ4n) is 2.83. The van der Waals surface area contributed by atoms with Crippen molar-refractivity contribution in [3.63, 3.8) is 0 Å². The van der Waals surface area contributed by atoms with Crippen LogP contribution in [0.3, 0.4) is 0 Å². The van der Waals surface area contributed by atoms with E-state index in [0.717, 1.165) is 46.3 Å². The Morgan fingerprint density at radius 2 is 1.86 bits per heavy atom. The molecule has 28 heavy (non-hydrogen) atoms. The number of nitrogens with zero attached hydrogens (tertiary/aromatic N) is 4. The average Bonchev–Trinajstić information content (AvgIpc) is 3.14. The first-order chi connectivity index (χ1) is 13.7. The smallest absolute Gasteiger partial charge is 0.129 e. The van der Waals surface area contributed by atoms with Gasteiger partial charge in [-0.3, -0.25) is 0 Å². The third kappa shape index (κ3) is 4.25. The maximum atomic E-state index is 4.56. The largest absolute Gasteiger partial charge is 0.370 e. The fourth-order valence-corrected chi connectivity index (χ4v) is 2.83. The molecule has 3 aromatic heterocycles. The molecule has 3 N–H and O–H groups in total. The predicted octanol–water partition coefficient (Wildman–Crippen LogP) is 4.09. The third-order valence-corrected chi connectivity index (χ3v) is 4.29. The summed E-state index contributed by atoms with van der Waals surface area (Å²) in [6, 6.07) is 13.9. The van der Waals surface area contributed by atoms with E-state index in [1.165, 1.54) is 0 Å². The van der Waals surface area contributed by atoms with Gasteiger partial charge in [0, 0.05) is 24.4 Å². The topological polar surface area (TPSA) is 91.4 Å². The molecule has 0 saturated carbocycles. The highest BCUT2D eigenvalue weighted by molar-refractivity contribution is 5.74. The molecule has 0 spiro atoms. The number of anilines is 2. The van der Waals surface area contributed by atoms with E-state index in [1.807, 2.05) is 48.7 Å². The monoisotopic (exact) mass is 373 g/mol. The maximum absolute atomic E-state index is 4.56. The van der Waals surface area contributed by atoms with Crippen molar-refractivity contribution >= 4 is 22.7 Å². The summed E-state index contributed by atoms with van der Waals surface area (Å²) in [4.78, 5) is 21.0. The van der Waals surface area contributed by atoms with E-state index >= 15 is 0 Å². The van der Waals surface area contributed by atoms with Crippen LogP contribution < -0.4 is 10.6 Å². The zero-order valence-corrected chi connectivity index (χ0v) is 16.0. The van der Waals surface area contributed by atoms with Gasteiger partial charge in [0.2, 0.25) is 0 Å². The Morgan fingerprint density at radius 1 is 0.964 bits per heavy atom. The van der Waals surface area contributed by atoms with Crippen molar-refractivity contribution in [2.45, 2.75) is 20.4 Å². The second-order valence-electron chi connectivity index (χ2n) is 7.05. The quantitative estimate of drug-likeness (QED) is 0.452. The van der Waals surface area contributed by atoms with Gasteiger partial charge in [-0.2, -0.15) is 0 Å². The lowest BCUT2D eigenvalue weighted by molar-refractivity contribution is 0.687. The second kappa shape index (κ2) is 8.04. The SMILES string of the molecule is CC(C)CNc1cc(-c2ccc(NCc3nc4ccccc4[nH]3)nc2)ncn1. The maximum Gasteiger partial charge on any atom is 0.129 e. The van der Waals surface area contributed by atoms with Gasteiger partial charge in [0.15, 0.2) is 0 Å². The summed E-state index contributed by atoms with van der Waals surface area (Å²) in [6.45, 7) is 5.78. The Morgan fingerprint density at radius 3 is 2.64 bits per heavy atom. The summed E-state index contributed by atoms with van der Waals surface area (Å²) in [6.07, 6.45) is 3.39. The van der Waals surface area contributed by atoms with E-state index in [4.69, 9.17) is 0 Å². The number of hydrogen-bond acceptors (Lipinski definition) is 6. The van der Waals surface area contributed by atoms with Crippen molar-refractivity contribution in [3.8, 4) is 11.3 Å². The number of rotatable bonds is 7. The molecule has 0 aliphatic rings. The minimum Gasteiger partial charge on any atom is -0.370 e. The van der Waals surface area contributed by atoms with Crippen molar-refractivity contribution in [2.24, 2.45) is 5.92 Å². The number of H-pyrrole nitrogens is 1. The van der Waals surface area contributed by atoms with Gasteiger partial charge >= 0.3 is 0 Å². The number of imidazole rings is 1. The molecular formula is C21H23N7. The molecule has 4 aromatic rings. The van der Waals surface area contributed by atoms with Crippen molar-refractivity contribution in [2.75, 3.05) is 17.2 Å². The first kappa shape index (κ1) is 17.9. The van der Waals surface area contributed by atoms with Crippen LogP contribution in [0.2, 0.25) is 0 Å². The van der Waals surface area contributed by atoms with E-state index in [2.05, 4.69) is 49.4 Å². The van der Waals surface area contributed by atoms with Gasteiger partial charge in [-0.15, -0.1) is 0 Å². The molecule has 142 valence electrons. The van der Waals surface area contributed by atoms with Gasteiger partial charge in [-0.05, 0) is 30.2 Å². The van der Waals surface area contributed by atoms with Crippen LogP contribution in [0.25, 0.3) is 22.3 Å². The summed E-state index contributed by atoms with van der Waals surface area (Å²) in [5.74, 6) is 3.04. The van der Waals surface area contributed by atoms with E-state index < -0.39 is 0 Å². The molecule has 0 radical (unpaired) electrons. The Bertz CT molecular complexity index is 1020. The third-order valence-electron chi connectivity index (χ3n) is 4.29. The summed E-state index contributed by atoms with van der Waals surface area (Å²) < 4.78 is 0. The number of benzene rings is 1. The van der Waals surface area contributed by atoms with Gasteiger partial charge in [-0.1, -0.05) is 26.0 Å². The molecule has 0 fully saturated rings. The molecule has 4 rings (SSSR count). The van der Waals surface area contributed by atoms with E-state index in [9.17, 15) is 0 Å². The van der Waals surface area contributed by atoms with Crippen LogP contribution in [0.15, 0.2) is 55.0 Å². The van der Waals surface area contributed by atoms with Crippen LogP contribution in [0.1, 0.15) is 19.7 Å². The Hall–Kier alpha value is -3.48. The predicted molar refractivity (Wildman–Crippen MR) is 112 cm³/mol. The molecule has 3 heterocycles. The summed E-state index contributed by atoms with van der Waals surface area (Å²) >= 11 is 0. The Balaban J connectivity index is 1.41. The lowest BCUT2D eigenvalue weighted by atomic mass is 10.2. The van der Waals surface area contributed by atoms with Crippen LogP contribution in [-0.4, -0.2) is 31.5 Å². The van der Waals surface area contributed by atoms with Crippen LogP contribution in [0.4, 0.5) is 11.6 Å². The van der Waals surface area contributed by atoms with Gasteiger partial charge < -0.3 is 15.6 Å². The lowest BCUT2D eigenvalue weighted by Crippen LogP contribution is -2.09. The van der Waals surface area contributed by atoms with E-state index in [0.29, 0.717) is 12.5 Å². The fraction of sp³-hybridized carbons (Fsp3) is 0.238. The molecule has 0 saturated heterocycles. The number of nitrogens with one attached hydrogen (secondary N) is 3. The highest BCUT2D eigenvalue weighted by Gasteiger charge is 2.05. The minimum absolute atomic E-state index is 0.553. The molecule has 7 heteroatoms. The van der Waals surface area contributed by atoms with E-state index in [1.54, 1.807) is 6.33 Å². The zero-order valence-electron chi connectivity index (χ0n) is 16.0. The van der Waals surface area contributed by atoms with Gasteiger partial charge in [0.1, 0.15) is 23.8 Å². The van der Waals surface area contributed by atoms with Crippen LogP contribution in [-0.2, 0) is 6.54 Å². The van der Waals surface area contributed by atoms with Crippen LogP contribution in [0, 0.1) is 5.92 Å². The van der Waals surface area contributed by atoms with Crippen molar-refractivity contribution in [1.82, 2.24) is 24.9 Å². The molecule has 1 aromatic carbocycles. The van der Waals surface area contributed by atoms with Crippen LogP contribution >= 0.6 is 0 Å². The molecule has 0 aliphatic heterocycles. The average molecular weight is 373 g/mol. The number of aromatic amines is 1. The number of hydrogen-bond donors (Lipinski definition) is 3. The van der Waals surface area contributed by atoms with Crippen molar-refractivity contribution in [1.29, 1.82) is 0 Å². The number of aromatic nitrogens is 5. The van der Waals surface area contributed by atoms with Gasteiger partial charge in [0.25, 0.3) is 0 Å². The molecule has 7 nitrogen and oxygen atoms in total.